The Morgan fingerprint density at radius 2 is 1.90 bits per heavy atom. The van der Waals surface area contributed by atoms with Crippen LogP contribution in [-0.4, -0.2) is 5.78 Å². The van der Waals surface area contributed by atoms with Gasteiger partial charge in [0.15, 0.2) is 0 Å². The van der Waals surface area contributed by atoms with E-state index in [2.05, 4.69) is 6.07 Å². The first-order valence-electron chi connectivity index (χ1n) is 2.78. The summed E-state index contributed by atoms with van der Waals surface area (Å²) in [6.07, 6.45) is 0. The van der Waals surface area contributed by atoms with Crippen molar-refractivity contribution in [1.82, 2.24) is 0 Å². The Kier molecular flexibility index (Phi) is 4.22. The second-order valence-corrected chi connectivity index (χ2v) is 1.84. The van der Waals surface area contributed by atoms with Crippen molar-refractivity contribution in [3.05, 3.63) is 35.9 Å². The van der Waals surface area contributed by atoms with Crippen molar-refractivity contribution in [1.29, 1.82) is 0 Å². The Labute approximate surface area is 74.7 Å². The summed E-state index contributed by atoms with van der Waals surface area (Å²) < 4.78 is 0. The predicted octanol–water partition coefficient (Wildman–Crippen LogP) is 1.69. The molecular formula is C8H7OPt-. The van der Waals surface area contributed by atoms with E-state index in [9.17, 15) is 4.79 Å². The Balaban J connectivity index is 0.000000810. The molecule has 1 rings (SSSR count). The average molecular weight is 314 g/mol. The molecule has 0 N–H and O–H groups in total. The van der Waals surface area contributed by atoms with Crippen molar-refractivity contribution in [3.8, 4) is 0 Å². The fraction of sp³-hybridized carbons (Fsp3) is 0.125. The number of carbonyl (C=O) groups excluding carboxylic acids is 1. The third kappa shape index (κ3) is 2.45. The summed E-state index contributed by atoms with van der Waals surface area (Å²) in [5.41, 5.74) is 0.744. The van der Waals surface area contributed by atoms with E-state index in [1.165, 1.54) is 0 Å². The predicted molar refractivity (Wildman–Crippen MR) is 35.3 cm³/mol. The number of ketones is 1. The molecule has 56 valence electrons. The van der Waals surface area contributed by atoms with Gasteiger partial charge < -0.3 is 0 Å². The van der Waals surface area contributed by atoms with Crippen LogP contribution in [0.5, 0.6) is 0 Å². The smallest absolute Gasteiger partial charge is 0.135 e. The Morgan fingerprint density at radius 3 is 2.20 bits per heavy atom. The summed E-state index contributed by atoms with van der Waals surface area (Å²) in [6.45, 7) is 1.55. The first-order valence-corrected chi connectivity index (χ1v) is 2.78. The van der Waals surface area contributed by atoms with Gasteiger partial charge in [-0.25, -0.2) is 0 Å². The van der Waals surface area contributed by atoms with Gasteiger partial charge in [-0.15, -0.1) is 0 Å². The van der Waals surface area contributed by atoms with Gasteiger partial charge in [0, 0.05) is 21.1 Å². The van der Waals surface area contributed by atoms with Gasteiger partial charge in [-0.3, -0.25) is 4.79 Å². The summed E-state index contributed by atoms with van der Waals surface area (Å²) in [6, 6.07) is 9.81. The van der Waals surface area contributed by atoms with Crippen LogP contribution in [0, 0.1) is 6.07 Å². The first kappa shape index (κ1) is 9.58. The van der Waals surface area contributed by atoms with E-state index in [0.717, 1.165) is 5.56 Å². The maximum Gasteiger partial charge on any atom is 0.135 e. The summed E-state index contributed by atoms with van der Waals surface area (Å²) in [5.74, 6) is 0.101. The molecule has 0 aliphatic rings. The molecule has 0 bridgehead atoms. The van der Waals surface area contributed by atoms with E-state index in [4.69, 9.17) is 0 Å². The summed E-state index contributed by atoms with van der Waals surface area (Å²) in [5, 5.41) is 0. The number of carbonyl (C=O) groups is 1. The zero-order valence-corrected chi connectivity index (χ0v) is 7.81. The molecule has 1 nitrogen and oxygen atoms in total. The molecule has 0 amide bonds. The van der Waals surface area contributed by atoms with Crippen LogP contribution in [0.1, 0.15) is 17.3 Å². The summed E-state index contributed by atoms with van der Waals surface area (Å²) in [4.78, 5) is 10.6. The van der Waals surface area contributed by atoms with Gasteiger partial charge in [-0.1, -0.05) is 5.56 Å². The van der Waals surface area contributed by atoms with Gasteiger partial charge >= 0.3 is 0 Å². The molecule has 0 heterocycles. The quantitative estimate of drug-likeness (QED) is 0.569. The molecule has 0 atom stereocenters. The largest absolute Gasteiger partial charge is 0.297 e. The zero-order chi connectivity index (χ0) is 6.69. The fourth-order valence-electron chi connectivity index (χ4n) is 0.622. The number of hydrogen-bond acceptors (Lipinski definition) is 1. The van der Waals surface area contributed by atoms with Crippen molar-refractivity contribution in [3.63, 3.8) is 0 Å². The minimum absolute atomic E-state index is 0. The molecule has 10 heavy (non-hydrogen) atoms. The third-order valence-corrected chi connectivity index (χ3v) is 1.12. The van der Waals surface area contributed by atoms with Crippen molar-refractivity contribution < 1.29 is 25.9 Å². The molecule has 0 saturated carbocycles. The van der Waals surface area contributed by atoms with E-state index in [-0.39, 0.29) is 26.8 Å². The Hall–Kier alpha value is -0.422. The summed E-state index contributed by atoms with van der Waals surface area (Å²) >= 11 is 0. The van der Waals surface area contributed by atoms with Crippen molar-refractivity contribution in [2.45, 2.75) is 6.92 Å². The van der Waals surface area contributed by atoms with E-state index in [0.29, 0.717) is 0 Å². The van der Waals surface area contributed by atoms with Crippen LogP contribution in [0.2, 0.25) is 0 Å². The molecule has 0 fully saturated rings. The van der Waals surface area contributed by atoms with Crippen LogP contribution in [0.3, 0.4) is 0 Å². The Morgan fingerprint density at radius 1 is 1.40 bits per heavy atom. The van der Waals surface area contributed by atoms with Gasteiger partial charge in [0.05, 0.1) is 0 Å². The second-order valence-electron chi connectivity index (χ2n) is 1.84. The zero-order valence-electron chi connectivity index (χ0n) is 5.53. The molecule has 0 unspecified atom stereocenters. The van der Waals surface area contributed by atoms with Crippen LogP contribution in [0.4, 0.5) is 0 Å². The minimum atomic E-state index is 0. The molecule has 0 saturated heterocycles. The van der Waals surface area contributed by atoms with Crippen molar-refractivity contribution in [2.24, 2.45) is 0 Å². The van der Waals surface area contributed by atoms with E-state index in [1.807, 2.05) is 0 Å². The number of rotatable bonds is 1. The van der Waals surface area contributed by atoms with Gasteiger partial charge in [0.25, 0.3) is 0 Å². The number of hydrogen-bond donors (Lipinski definition) is 0. The molecule has 1 aromatic carbocycles. The molecule has 0 aliphatic carbocycles. The number of benzene rings is 1. The Bertz CT molecular complexity index is 206. The van der Waals surface area contributed by atoms with Crippen molar-refractivity contribution >= 4 is 5.78 Å². The first-order chi connectivity index (χ1) is 4.30. The van der Waals surface area contributed by atoms with E-state index in [1.54, 1.807) is 31.2 Å². The standard InChI is InChI=1S/C8H7O.Pt/c1-7(9)8-5-3-2-4-6-8;/h3-6H,1H3;/q-1;. The fourth-order valence-corrected chi connectivity index (χ4v) is 0.622. The SMILES string of the molecule is CC(=O)c1cc[c-]cc1.[Pt]. The normalized spacial score (nSPS) is 8.10. The van der Waals surface area contributed by atoms with Crippen LogP contribution in [-0.2, 0) is 21.1 Å². The molecule has 0 radical (unpaired) electrons. The minimum Gasteiger partial charge on any atom is -0.297 e. The molecule has 0 spiro atoms. The maximum absolute atomic E-state index is 10.6. The van der Waals surface area contributed by atoms with Gasteiger partial charge in [0.2, 0.25) is 0 Å². The van der Waals surface area contributed by atoms with Gasteiger partial charge in [-0.2, -0.15) is 30.3 Å². The maximum atomic E-state index is 10.6. The van der Waals surface area contributed by atoms with Crippen LogP contribution >= 0.6 is 0 Å². The molecular weight excluding hydrogens is 307 g/mol. The molecule has 2 heteroatoms. The van der Waals surface area contributed by atoms with Gasteiger partial charge in [0.1, 0.15) is 5.78 Å². The van der Waals surface area contributed by atoms with Crippen molar-refractivity contribution in [2.75, 3.05) is 0 Å². The monoisotopic (exact) mass is 314 g/mol. The van der Waals surface area contributed by atoms with E-state index >= 15 is 0 Å². The van der Waals surface area contributed by atoms with Gasteiger partial charge in [-0.05, 0) is 6.92 Å². The molecule has 0 aromatic heterocycles. The van der Waals surface area contributed by atoms with E-state index < -0.39 is 0 Å². The molecule has 0 aliphatic heterocycles. The average Bonchev–Trinajstić information content (AvgIpc) is 1.90. The van der Waals surface area contributed by atoms with Crippen LogP contribution in [0.15, 0.2) is 24.3 Å². The summed E-state index contributed by atoms with van der Waals surface area (Å²) in [7, 11) is 0. The topological polar surface area (TPSA) is 17.1 Å². The van der Waals surface area contributed by atoms with Crippen LogP contribution in [0.25, 0.3) is 0 Å². The second kappa shape index (κ2) is 4.40. The number of Topliss-reactive ketones (excluding diaryl/α,β-unsaturated/α-hetero) is 1. The van der Waals surface area contributed by atoms with Crippen LogP contribution < -0.4 is 0 Å². The third-order valence-electron chi connectivity index (χ3n) is 1.12. The molecule has 1 aromatic rings.